The van der Waals surface area contributed by atoms with Gasteiger partial charge in [0.1, 0.15) is 5.82 Å². The fourth-order valence-electron chi connectivity index (χ4n) is 1.72. The number of thioether (sulfide) groups is 1. The molecule has 1 atom stereocenters. The van der Waals surface area contributed by atoms with E-state index in [9.17, 15) is 9.18 Å². The van der Waals surface area contributed by atoms with Crippen molar-refractivity contribution >= 4 is 46.0 Å². The molecule has 0 saturated heterocycles. The first-order valence-electron chi connectivity index (χ1n) is 6.50. The zero-order valence-corrected chi connectivity index (χ0v) is 15.1. The molecule has 3 nitrogen and oxygen atoms in total. The van der Waals surface area contributed by atoms with Crippen molar-refractivity contribution in [1.82, 2.24) is 5.32 Å². The molecule has 1 amide bonds. The number of halogens is 3. The van der Waals surface area contributed by atoms with Gasteiger partial charge in [0.2, 0.25) is 5.91 Å². The van der Waals surface area contributed by atoms with Crippen LogP contribution in [0.25, 0.3) is 0 Å². The molecule has 0 aliphatic carbocycles. The molecule has 0 saturated carbocycles. The Morgan fingerprint density at radius 1 is 1.52 bits per heavy atom. The molecule has 21 heavy (non-hydrogen) atoms. The minimum atomic E-state index is -0.452. The van der Waals surface area contributed by atoms with Crippen molar-refractivity contribution in [3.63, 3.8) is 0 Å². The number of benzene rings is 1. The SMILES string of the molecule is CSCC[C@H](N)C(=O)NCCCc1ccc(Br)cc1F.Cl. The van der Waals surface area contributed by atoms with Crippen LogP contribution in [0.2, 0.25) is 0 Å². The maximum absolute atomic E-state index is 13.6. The lowest BCUT2D eigenvalue weighted by Gasteiger charge is -2.11. The highest BCUT2D eigenvalue weighted by Gasteiger charge is 2.11. The van der Waals surface area contributed by atoms with E-state index in [1.165, 1.54) is 6.07 Å². The van der Waals surface area contributed by atoms with Gasteiger partial charge in [-0.3, -0.25) is 4.79 Å². The van der Waals surface area contributed by atoms with Gasteiger partial charge in [0.15, 0.2) is 0 Å². The fraction of sp³-hybridized carbons (Fsp3) is 0.500. The zero-order valence-electron chi connectivity index (χ0n) is 11.9. The molecule has 7 heteroatoms. The summed E-state index contributed by atoms with van der Waals surface area (Å²) in [5.41, 5.74) is 6.41. The molecule has 3 N–H and O–H groups in total. The van der Waals surface area contributed by atoms with E-state index >= 15 is 0 Å². The Morgan fingerprint density at radius 2 is 2.24 bits per heavy atom. The van der Waals surface area contributed by atoms with Crippen molar-refractivity contribution in [3.05, 3.63) is 34.1 Å². The van der Waals surface area contributed by atoms with Crippen LogP contribution in [0.1, 0.15) is 18.4 Å². The van der Waals surface area contributed by atoms with Gasteiger partial charge in [0, 0.05) is 11.0 Å². The molecule has 0 heterocycles. The predicted octanol–water partition coefficient (Wildman–Crippen LogP) is 3.14. The Balaban J connectivity index is 0.00000400. The van der Waals surface area contributed by atoms with Crippen molar-refractivity contribution in [2.45, 2.75) is 25.3 Å². The maximum atomic E-state index is 13.6. The summed E-state index contributed by atoms with van der Waals surface area (Å²) >= 11 is 4.89. The van der Waals surface area contributed by atoms with E-state index < -0.39 is 6.04 Å². The Kier molecular flexibility index (Phi) is 11.1. The van der Waals surface area contributed by atoms with Gasteiger partial charge in [-0.15, -0.1) is 12.4 Å². The third-order valence-electron chi connectivity index (χ3n) is 2.91. The van der Waals surface area contributed by atoms with E-state index in [-0.39, 0.29) is 24.1 Å². The standard InChI is InChI=1S/C14H20BrFN2OS.ClH/c1-20-8-6-13(17)14(19)18-7-2-3-10-4-5-11(15)9-12(10)16;/h4-5,9,13H,2-3,6-8,17H2,1H3,(H,18,19);1H/t13-;/m0./s1. The summed E-state index contributed by atoms with van der Waals surface area (Å²) in [7, 11) is 0. The Labute approximate surface area is 144 Å². The van der Waals surface area contributed by atoms with Gasteiger partial charge >= 0.3 is 0 Å². The summed E-state index contributed by atoms with van der Waals surface area (Å²) < 4.78 is 14.3. The van der Waals surface area contributed by atoms with E-state index in [0.29, 0.717) is 31.4 Å². The molecule has 0 radical (unpaired) electrons. The average Bonchev–Trinajstić information content (AvgIpc) is 2.42. The molecule has 0 bridgehead atoms. The third-order valence-corrected chi connectivity index (χ3v) is 4.04. The second-order valence-electron chi connectivity index (χ2n) is 4.52. The number of carbonyl (C=O) groups is 1. The van der Waals surface area contributed by atoms with Crippen LogP contribution in [0, 0.1) is 5.82 Å². The van der Waals surface area contributed by atoms with Crippen LogP contribution in [0.4, 0.5) is 4.39 Å². The summed E-state index contributed by atoms with van der Waals surface area (Å²) in [6.45, 7) is 0.515. The average molecular weight is 400 g/mol. The van der Waals surface area contributed by atoms with Crippen LogP contribution in [-0.2, 0) is 11.2 Å². The Hall–Kier alpha value is -0.300. The number of carbonyl (C=O) groups excluding carboxylic acids is 1. The lowest BCUT2D eigenvalue weighted by atomic mass is 10.1. The van der Waals surface area contributed by atoms with E-state index in [2.05, 4.69) is 21.2 Å². The summed E-state index contributed by atoms with van der Waals surface area (Å²) in [5.74, 6) is 0.524. The van der Waals surface area contributed by atoms with Crippen molar-refractivity contribution in [1.29, 1.82) is 0 Å². The minimum absolute atomic E-state index is 0. The summed E-state index contributed by atoms with van der Waals surface area (Å²) in [5, 5.41) is 2.79. The lowest BCUT2D eigenvalue weighted by molar-refractivity contribution is -0.122. The number of nitrogens with two attached hydrogens (primary N) is 1. The van der Waals surface area contributed by atoms with Crippen LogP contribution < -0.4 is 11.1 Å². The van der Waals surface area contributed by atoms with Crippen LogP contribution in [-0.4, -0.2) is 30.5 Å². The molecule has 0 aliphatic heterocycles. The van der Waals surface area contributed by atoms with E-state index in [1.54, 1.807) is 17.8 Å². The van der Waals surface area contributed by atoms with E-state index in [1.807, 2.05) is 12.3 Å². The number of aryl methyl sites for hydroxylation is 1. The highest BCUT2D eigenvalue weighted by molar-refractivity contribution is 9.10. The molecule has 0 unspecified atom stereocenters. The summed E-state index contributed by atoms with van der Waals surface area (Å²) in [6.07, 6.45) is 3.95. The van der Waals surface area contributed by atoms with Gasteiger partial charge < -0.3 is 11.1 Å². The highest BCUT2D eigenvalue weighted by atomic mass is 79.9. The maximum Gasteiger partial charge on any atom is 0.236 e. The Bertz CT molecular complexity index is 451. The molecule has 0 aliphatic rings. The van der Waals surface area contributed by atoms with Crippen molar-refractivity contribution in [3.8, 4) is 0 Å². The van der Waals surface area contributed by atoms with Gasteiger partial charge in [-0.2, -0.15) is 11.8 Å². The van der Waals surface area contributed by atoms with Crippen molar-refractivity contribution in [2.75, 3.05) is 18.6 Å². The highest BCUT2D eigenvalue weighted by Crippen LogP contribution is 2.16. The van der Waals surface area contributed by atoms with Crippen LogP contribution in [0.3, 0.4) is 0 Å². The third kappa shape index (κ3) is 8.04. The zero-order chi connectivity index (χ0) is 15.0. The van der Waals surface area contributed by atoms with E-state index in [0.717, 1.165) is 10.2 Å². The predicted molar refractivity (Wildman–Crippen MR) is 93.7 cm³/mol. The largest absolute Gasteiger partial charge is 0.355 e. The fourth-order valence-corrected chi connectivity index (χ4v) is 2.54. The van der Waals surface area contributed by atoms with Crippen molar-refractivity contribution < 1.29 is 9.18 Å². The van der Waals surface area contributed by atoms with Gasteiger partial charge in [0.05, 0.1) is 6.04 Å². The monoisotopic (exact) mass is 398 g/mol. The van der Waals surface area contributed by atoms with Crippen molar-refractivity contribution in [2.24, 2.45) is 5.73 Å². The summed E-state index contributed by atoms with van der Waals surface area (Å²) in [4.78, 5) is 11.6. The number of amides is 1. The molecule has 0 fully saturated rings. The minimum Gasteiger partial charge on any atom is -0.355 e. The van der Waals surface area contributed by atoms with Gasteiger partial charge in [-0.05, 0) is 49.0 Å². The molecule has 1 aromatic rings. The second-order valence-corrected chi connectivity index (χ2v) is 6.42. The van der Waals surface area contributed by atoms with Crippen LogP contribution >= 0.6 is 40.1 Å². The number of nitrogens with one attached hydrogen (secondary N) is 1. The molecule has 120 valence electrons. The molecule has 0 spiro atoms. The van der Waals surface area contributed by atoms with Gasteiger partial charge in [-0.25, -0.2) is 4.39 Å². The number of hydrogen-bond acceptors (Lipinski definition) is 3. The molecule has 1 rings (SSSR count). The first-order chi connectivity index (χ1) is 9.54. The molecular weight excluding hydrogens is 379 g/mol. The number of hydrogen-bond donors (Lipinski definition) is 2. The lowest BCUT2D eigenvalue weighted by Crippen LogP contribution is -2.41. The van der Waals surface area contributed by atoms with Gasteiger partial charge in [-0.1, -0.05) is 22.0 Å². The van der Waals surface area contributed by atoms with Crippen LogP contribution in [0.5, 0.6) is 0 Å². The smallest absolute Gasteiger partial charge is 0.236 e. The molecule has 0 aromatic heterocycles. The first kappa shape index (κ1) is 20.7. The molecular formula is C14H21BrClFN2OS. The number of rotatable bonds is 8. The Morgan fingerprint density at radius 3 is 2.86 bits per heavy atom. The van der Waals surface area contributed by atoms with Gasteiger partial charge in [0.25, 0.3) is 0 Å². The van der Waals surface area contributed by atoms with E-state index in [4.69, 9.17) is 5.73 Å². The van der Waals surface area contributed by atoms with Crippen LogP contribution in [0.15, 0.2) is 22.7 Å². The molecule has 1 aromatic carbocycles. The normalized spacial score (nSPS) is 11.6. The first-order valence-corrected chi connectivity index (χ1v) is 8.69. The second kappa shape index (κ2) is 11.3. The topological polar surface area (TPSA) is 55.1 Å². The summed E-state index contributed by atoms with van der Waals surface area (Å²) in [6, 6.07) is 4.57. The quantitative estimate of drug-likeness (QED) is 0.660.